The first-order valence-corrected chi connectivity index (χ1v) is 5.47. The third-order valence-corrected chi connectivity index (χ3v) is 2.96. The number of hydrogen-bond donors (Lipinski definition) is 1. The van der Waals surface area contributed by atoms with E-state index in [1.54, 1.807) is 12.1 Å². The fourth-order valence-corrected chi connectivity index (χ4v) is 2.13. The molecule has 5 nitrogen and oxygen atoms in total. The van der Waals surface area contributed by atoms with Crippen molar-refractivity contribution in [3.63, 3.8) is 0 Å². The SMILES string of the molecule is Oc1cccc2c1nnn2C1CCCOC1. The van der Waals surface area contributed by atoms with Crippen LogP contribution in [0.1, 0.15) is 18.9 Å². The zero-order valence-electron chi connectivity index (χ0n) is 8.83. The Morgan fingerprint density at radius 3 is 3.19 bits per heavy atom. The van der Waals surface area contributed by atoms with Crippen LogP contribution < -0.4 is 0 Å². The second kappa shape index (κ2) is 3.75. The second-order valence-electron chi connectivity index (χ2n) is 4.05. The van der Waals surface area contributed by atoms with Gasteiger partial charge in [0.1, 0.15) is 5.75 Å². The van der Waals surface area contributed by atoms with Crippen molar-refractivity contribution in [1.82, 2.24) is 15.0 Å². The summed E-state index contributed by atoms with van der Waals surface area (Å²) in [6.07, 6.45) is 2.10. The summed E-state index contributed by atoms with van der Waals surface area (Å²) in [5.74, 6) is 0.181. The molecular weight excluding hydrogens is 206 g/mol. The number of aromatic hydroxyl groups is 1. The summed E-state index contributed by atoms with van der Waals surface area (Å²) < 4.78 is 7.29. The molecule has 0 radical (unpaired) electrons. The topological polar surface area (TPSA) is 60.2 Å². The highest BCUT2D eigenvalue weighted by atomic mass is 16.5. The molecule has 0 spiro atoms. The molecule has 1 saturated heterocycles. The van der Waals surface area contributed by atoms with Gasteiger partial charge in [-0.25, -0.2) is 4.68 Å². The van der Waals surface area contributed by atoms with E-state index >= 15 is 0 Å². The molecule has 1 fully saturated rings. The normalized spacial score (nSPS) is 21.4. The molecule has 84 valence electrons. The number of aromatic nitrogens is 3. The Balaban J connectivity index is 2.06. The lowest BCUT2D eigenvalue weighted by atomic mass is 10.1. The lowest BCUT2D eigenvalue weighted by Crippen LogP contribution is -2.22. The van der Waals surface area contributed by atoms with Crippen molar-refractivity contribution in [3.05, 3.63) is 18.2 Å². The Morgan fingerprint density at radius 2 is 2.38 bits per heavy atom. The third-order valence-electron chi connectivity index (χ3n) is 2.96. The van der Waals surface area contributed by atoms with Crippen LogP contribution >= 0.6 is 0 Å². The maximum absolute atomic E-state index is 9.64. The van der Waals surface area contributed by atoms with Crippen LogP contribution in [0.3, 0.4) is 0 Å². The van der Waals surface area contributed by atoms with E-state index in [-0.39, 0.29) is 11.8 Å². The minimum absolute atomic E-state index is 0.181. The number of hydrogen-bond acceptors (Lipinski definition) is 4. The van der Waals surface area contributed by atoms with Gasteiger partial charge < -0.3 is 9.84 Å². The minimum atomic E-state index is 0.181. The number of phenolic OH excluding ortho intramolecular Hbond substituents is 1. The highest BCUT2D eigenvalue weighted by molar-refractivity contribution is 5.80. The monoisotopic (exact) mass is 219 g/mol. The van der Waals surface area contributed by atoms with E-state index in [0.717, 1.165) is 25.0 Å². The Bertz CT molecular complexity index is 503. The van der Waals surface area contributed by atoms with Crippen molar-refractivity contribution in [3.8, 4) is 5.75 Å². The zero-order valence-corrected chi connectivity index (χ0v) is 8.83. The molecule has 1 unspecified atom stereocenters. The molecule has 1 aliphatic rings. The molecule has 1 N–H and O–H groups in total. The van der Waals surface area contributed by atoms with E-state index in [1.165, 1.54) is 0 Å². The van der Waals surface area contributed by atoms with Crippen molar-refractivity contribution in [1.29, 1.82) is 0 Å². The van der Waals surface area contributed by atoms with E-state index in [4.69, 9.17) is 4.74 Å². The van der Waals surface area contributed by atoms with Crippen LogP contribution in [0.25, 0.3) is 11.0 Å². The van der Waals surface area contributed by atoms with Crippen LogP contribution in [0, 0.1) is 0 Å². The van der Waals surface area contributed by atoms with Gasteiger partial charge in [0.05, 0.1) is 18.2 Å². The summed E-state index contributed by atoms with van der Waals surface area (Å²) in [6, 6.07) is 5.59. The molecule has 0 bridgehead atoms. The molecule has 16 heavy (non-hydrogen) atoms. The lowest BCUT2D eigenvalue weighted by Gasteiger charge is -2.22. The number of rotatable bonds is 1. The molecule has 0 aliphatic carbocycles. The molecule has 1 aromatic heterocycles. The second-order valence-corrected chi connectivity index (χ2v) is 4.05. The summed E-state index contributed by atoms with van der Waals surface area (Å²) in [4.78, 5) is 0. The molecule has 1 aliphatic heterocycles. The summed E-state index contributed by atoms with van der Waals surface area (Å²) in [5, 5.41) is 17.7. The molecule has 2 heterocycles. The first-order valence-electron chi connectivity index (χ1n) is 5.47. The van der Waals surface area contributed by atoms with E-state index in [0.29, 0.717) is 12.1 Å². The molecule has 5 heteroatoms. The first-order chi connectivity index (χ1) is 7.86. The Hall–Kier alpha value is -1.62. The fourth-order valence-electron chi connectivity index (χ4n) is 2.13. The van der Waals surface area contributed by atoms with Gasteiger partial charge in [-0.1, -0.05) is 11.3 Å². The van der Waals surface area contributed by atoms with Crippen LogP contribution in [0.2, 0.25) is 0 Å². The standard InChI is InChI=1S/C11H13N3O2/c15-10-5-1-4-9-11(10)12-13-14(9)8-3-2-6-16-7-8/h1,4-5,8,15H,2-3,6-7H2. The third kappa shape index (κ3) is 1.44. The van der Waals surface area contributed by atoms with Gasteiger partial charge in [0.15, 0.2) is 5.52 Å². The Kier molecular flexibility index (Phi) is 2.25. The molecule has 0 amide bonds. The van der Waals surface area contributed by atoms with Crippen molar-refractivity contribution in [2.24, 2.45) is 0 Å². The average Bonchev–Trinajstić information content (AvgIpc) is 2.75. The van der Waals surface area contributed by atoms with Gasteiger partial charge in [-0.15, -0.1) is 5.10 Å². The average molecular weight is 219 g/mol. The molecule has 1 aromatic carbocycles. The Morgan fingerprint density at radius 1 is 1.44 bits per heavy atom. The van der Waals surface area contributed by atoms with E-state index < -0.39 is 0 Å². The van der Waals surface area contributed by atoms with E-state index in [9.17, 15) is 5.11 Å². The largest absolute Gasteiger partial charge is 0.506 e. The van der Waals surface area contributed by atoms with E-state index in [1.807, 2.05) is 10.7 Å². The van der Waals surface area contributed by atoms with Crippen molar-refractivity contribution >= 4 is 11.0 Å². The first kappa shape index (κ1) is 9.59. The lowest BCUT2D eigenvalue weighted by molar-refractivity contribution is 0.0558. The quantitative estimate of drug-likeness (QED) is 0.789. The van der Waals surface area contributed by atoms with Crippen molar-refractivity contribution in [2.45, 2.75) is 18.9 Å². The number of ether oxygens (including phenoxy) is 1. The van der Waals surface area contributed by atoms with Gasteiger partial charge >= 0.3 is 0 Å². The summed E-state index contributed by atoms with van der Waals surface area (Å²) in [7, 11) is 0. The molecule has 3 rings (SSSR count). The maximum atomic E-state index is 9.64. The number of phenols is 1. The smallest absolute Gasteiger partial charge is 0.154 e. The summed E-state index contributed by atoms with van der Waals surface area (Å²) in [5.41, 5.74) is 1.43. The number of fused-ring (bicyclic) bond motifs is 1. The highest BCUT2D eigenvalue weighted by Gasteiger charge is 2.19. The van der Waals surface area contributed by atoms with Crippen LogP contribution in [0.15, 0.2) is 18.2 Å². The predicted octanol–water partition coefficient (Wildman–Crippen LogP) is 1.49. The Labute approximate surface area is 92.6 Å². The molecule has 1 atom stereocenters. The van der Waals surface area contributed by atoms with Gasteiger partial charge in [0.25, 0.3) is 0 Å². The van der Waals surface area contributed by atoms with Gasteiger partial charge in [0, 0.05) is 6.61 Å². The van der Waals surface area contributed by atoms with Crippen molar-refractivity contribution < 1.29 is 9.84 Å². The molecule has 2 aromatic rings. The number of nitrogens with zero attached hydrogens (tertiary/aromatic N) is 3. The van der Waals surface area contributed by atoms with Crippen LogP contribution in [-0.2, 0) is 4.74 Å². The molecular formula is C11H13N3O2. The summed E-state index contributed by atoms with van der Waals surface area (Å²) >= 11 is 0. The van der Waals surface area contributed by atoms with Crippen LogP contribution in [0.5, 0.6) is 5.75 Å². The van der Waals surface area contributed by atoms with Gasteiger partial charge in [-0.05, 0) is 25.0 Å². The number of benzene rings is 1. The maximum Gasteiger partial charge on any atom is 0.154 e. The zero-order chi connectivity index (χ0) is 11.0. The highest BCUT2D eigenvalue weighted by Crippen LogP contribution is 2.26. The minimum Gasteiger partial charge on any atom is -0.506 e. The van der Waals surface area contributed by atoms with Gasteiger partial charge in [-0.2, -0.15) is 0 Å². The summed E-state index contributed by atoms with van der Waals surface area (Å²) in [6.45, 7) is 1.50. The predicted molar refractivity (Wildman–Crippen MR) is 58.3 cm³/mol. The van der Waals surface area contributed by atoms with Crippen LogP contribution in [-0.4, -0.2) is 33.3 Å². The van der Waals surface area contributed by atoms with E-state index in [2.05, 4.69) is 10.3 Å². The van der Waals surface area contributed by atoms with Crippen molar-refractivity contribution in [2.75, 3.05) is 13.2 Å². The van der Waals surface area contributed by atoms with Crippen LogP contribution in [0.4, 0.5) is 0 Å². The van der Waals surface area contributed by atoms with Gasteiger partial charge in [0.2, 0.25) is 0 Å². The molecule has 0 saturated carbocycles. The van der Waals surface area contributed by atoms with Gasteiger partial charge in [-0.3, -0.25) is 0 Å². The fraction of sp³-hybridized carbons (Fsp3) is 0.455.